The summed E-state index contributed by atoms with van der Waals surface area (Å²) in [5.41, 5.74) is 8.80. The third kappa shape index (κ3) is 4.95. The van der Waals surface area contributed by atoms with Crippen molar-refractivity contribution in [3.63, 3.8) is 0 Å². The fraction of sp³-hybridized carbons (Fsp3) is 0.667. The number of nitrogens with two attached hydrogens (primary N) is 2. The molecule has 0 aromatic heterocycles. The quantitative estimate of drug-likeness (QED) is 0.139. The normalized spacial score (nSPS) is 22.3. The molecule has 0 aromatic rings. The van der Waals surface area contributed by atoms with E-state index >= 15 is 0 Å². The molecule has 148 valence electrons. The number of nitrogens with zero attached hydrogens (tertiary/aromatic N) is 1. The second-order valence-electron chi connectivity index (χ2n) is 5.64. The number of carbonyl (C=O) groups excluding carboxylic acids is 3. The number of Topliss-reactive ketones (excluding diaryl/α,β-unsaturated/α-hetero) is 1. The van der Waals surface area contributed by atoms with Crippen molar-refractivity contribution in [1.82, 2.24) is 9.62 Å². The number of nitrogens with one attached hydrogen (secondary N) is 1. The van der Waals surface area contributed by atoms with Crippen LogP contribution >= 0.6 is 0 Å². The summed E-state index contributed by atoms with van der Waals surface area (Å²) < 4.78 is 35.6. The van der Waals surface area contributed by atoms with Crippen molar-refractivity contribution in [2.75, 3.05) is 13.7 Å². The zero-order valence-corrected chi connectivity index (χ0v) is 14.6. The van der Waals surface area contributed by atoms with E-state index in [1.807, 2.05) is 0 Å². The molecule has 13 nitrogen and oxygen atoms in total. The molecular weight excluding hydrogens is 376 g/mol. The van der Waals surface area contributed by atoms with E-state index in [4.69, 9.17) is 25.9 Å². The van der Waals surface area contributed by atoms with Crippen LogP contribution in [-0.2, 0) is 34.2 Å². The van der Waals surface area contributed by atoms with Crippen LogP contribution in [0.15, 0.2) is 0 Å². The second kappa shape index (κ2) is 8.05. The van der Waals surface area contributed by atoms with E-state index in [1.54, 1.807) is 0 Å². The Bertz CT molecular complexity index is 709. The van der Waals surface area contributed by atoms with Crippen molar-refractivity contribution in [3.8, 4) is 0 Å². The van der Waals surface area contributed by atoms with Gasteiger partial charge in [-0.1, -0.05) is 0 Å². The van der Waals surface area contributed by atoms with Gasteiger partial charge in [0.25, 0.3) is 5.91 Å². The van der Waals surface area contributed by atoms with Gasteiger partial charge in [-0.05, 0) is 6.42 Å². The number of amides is 2. The minimum absolute atomic E-state index is 0.0841. The Labute approximate surface area is 148 Å². The molecule has 0 aliphatic carbocycles. The highest BCUT2D eigenvalue weighted by Crippen LogP contribution is 2.26. The summed E-state index contributed by atoms with van der Waals surface area (Å²) in [5.74, 6) is -3.98. The summed E-state index contributed by atoms with van der Waals surface area (Å²) in [6.45, 7) is -0.666. The smallest absolute Gasteiger partial charge is 0.362 e. The van der Waals surface area contributed by atoms with Crippen LogP contribution in [0.3, 0.4) is 0 Å². The molecule has 14 heteroatoms. The molecule has 1 aliphatic heterocycles. The highest BCUT2D eigenvalue weighted by Gasteiger charge is 2.59. The standard InChI is InChI=1S/C12H20N4O9S/c1-25-12(5-16(11(12)21)26(22,23)24)15-9(18)8(14)4-6(17)2-3-7(13)10(19)20/h7-8H,2-5,13-14H2,1H3,(H,15,18)(H,19,20)(H,22,23,24)/t7-,8+,12-/m0/s1. The van der Waals surface area contributed by atoms with E-state index in [0.29, 0.717) is 0 Å². The van der Waals surface area contributed by atoms with Crippen LogP contribution in [0.25, 0.3) is 0 Å². The number of β-lactam (4-membered cyclic amide) rings is 1. The molecule has 3 atom stereocenters. The van der Waals surface area contributed by atoms with Gasteiger partial charge in [-0.15, -0.1) is 0 Å². The van der Waals surface area contributed by atoms with Crippen LogP contribution in [0.5, 0.6) is 0 Å². The second-order valence-corrected chi connectivity index (χ2v) is 6.98. The number of carbonyl (C=O) groups is 4. The van der Waals surface area contributed by atoms with Crippen LogP contribution in [0, 0.1) is 0 Å². The topological polar surface area (TPSA) is 219 Å². The van der Waals surface area contributed by atoms with Gasteiger partial charge < -0.3 is 26.6 Å². The Balaban J connectivity index is 2.60. The van der Waals surface area contributed by atoms with Crippen molar-refractivity contribution >= 4 is 33.9 Å². The molecular formula is C12H20N4O9S. The maximum absolute atomic E-state index is 12.0. The average Bonchev–Trinajstić information content (AvgIpc) is 2.53. The lowest BCUT2D eigenvalue weighted by molar-refractivity contribution is -0.180. The summed E-state index contributed by atoms with van der Waals surface area (Å²) in [7, 11) is -3.76. The monoisotopic (exact) mass is 396 g/mol. The van der Waals surface area contributed by atoms with Gasteiger partial charge in [0.1, 0.15) is 11.8 Å². The number of ketones is 1. The number of hydrogen-bond donors (Lipinski definition) is 5. The molecule has 1 aliphatic rings. The SMILES string of the molecule is CO[C@@]1(NC(=O)[C@H](N)CC(=O)CC[C@H](N)C(=O)O)CN(S(=O)(=O)O)C1=O. The summed E-state index contributed by atoms with van der Waals surface area (Å²) in [4.78, 5) is 46.2. The van der Waals surface area contributed by atoms with Gasteiger partial charge in [-0.2, -0.15) is 8.42 Å². The number of carboxylic acid groups (broad SMARTS) is 1. The third-order valence-corrected chi connectivity index (χ3v) is 4.58. The molecule has 1 heterocycles. The Morgan fingerprint density at radius 1 is 1.35 bits per heavy atom. The number of aliphatic carboxylic acids is 1. The van der Waals surface area contributed by atoms with Crippen molar-refractivity contribution in [1.29, 1.82) is 0 Å². The highest BCUT2D eigenvalue weighted by atomic mass is 32.2. The van der Waals surface area contributed by atoms with Crippen molar-refractivity contribution < 1.29 is 42.0 Å². The first kappa shape index (κ1) is 21.9. The number of methoxy groups -OCH3 is 1. The Kier molecular flexibility index (Phi) is 6.78. The van der Waals surface area contributed by atoms with E-state index in [9.17, 15) is 27.6 Å². The Morgan fingerprint density at radius 3 is 2.35 bits per heavy atom. The van der Waals surface area contributed by atoms with Gasteiger partial charge in [-0.3, -0.25) is 23.7 Å². The first-order valence-corrected chi connectivity index (χ1v) is 8.66. The molecule has 1 fully saturated rings. The van der Waals surface area contributed by atoms with Gasteiger partial charge in [0, 0.05) is 20.0 Å². The largest absolute Gasteiger partial charge is 0.480 e. The molecule has 0 saturated carbocycles. The van der Waals surface area contributed by atoms with E-state index in [-0.39, 0.29) is 17.1 Å². The van der Waals surface area contributed by atoms with E-state index in [0.717, 1.165) is 7.11 Å². The summed E-state index contributed by atoms with van der Waals surface area (Å²) in [6.07, 6.45) is -0.792. The zero-order chi connectivity index (χ0) is 20.3. The summed E-state index contributed by atoms with van der Waals surface area (Å²) in [6, 6.07) is -2.61. The molecule has 7 N–H and O–H groups in total. The van der Waals surface area contributed by atoms with Crippen LogP contribution in [-0.4, -0.2) is 77.4 Å². The summed E-state index contributed by atoms with van der Waals surface area (Å²) >= 11 is 0. The maximum atomic E-state index is 12.0. The zero-order valence-electron chi connectivity index (χ0n) is 13.7. The number of ether oxygens (including phenoxy) is 1. The Hall–Kier alpha value is -2.13. The molecule has 0 radical (unpaired) electrons. The van der Waals surface area contributed by atoms with Crippen molar-refractivity contribution in [3.05, 3.63) is 0 Å². The van der Waals surface area contributed by atoms with Gasteiger partial charge in [0.05, 0.1) is 12.6 Å². The van der Waals surface area contributed by atoms with Gasteiger partial charge in [-0.25, -0.2) is 4.31 Å². The van der Waals surface area contributed by atoms with Crippen LogP contribution in [0.4, 0.5) is 0 Å². The predicted molar refractivity (Wildman–Crippen MR) is 83.6 cm³/mol. The minimum Gasteiger partial charge on any atom is -0.480 e. The number of carboxylic acids is 1. The van der Waals surface area contributed by atoms with E-state index in [2.05, 4.69) is 5.32 Å². The van der Waals surface area contributed by atoms with E-state index in [1.165, 1.54) is 0 Å². The predicted octanol–water partition coefficient (Wildman–Crippen LogP) is -3.43. The van der Waals surface area contributed by atoms with Crippen LogP contribution < -0.4 is 16.8 Å². The average molecular weight is 396 g/mol. The summed E-state index contributed by atoms with van der Waals surface area (Å²) in [5, 5.41) is 10.7. The third-order valence-electron chi connectivity index (χ3n) is 3.73. The minimum atomic E-state index is -4.79. The first-order chi connectivity index (χ1) is 11.8. The molecule has 0 unspecified atom stereocenters. The lowest BCUT2D eigenvalue weighted by atomic mass is 10.0. The van der Waals surface area contributed by atoms with Crippen molar-refractivity contribution in [2.45, 2.75) is 37.1 Å². The first-order valence-electron chi connectivity index (χ1n) is 7.26. The van der Waals surface area contributed by atoms with Crippen LogP contribution in [0.2, 0.25) is 0 Å². The molecule has 0 aromatic carbocycles. The fourth-order valence-electron chi connectivity index (χ4n) is 2.11. The number of rotatable bonds is 10. The molecule has 1 rings (SSSR count). The molecule has 2 amide bonds. The number of hydrogen-bond acceptors (Lipinski definition) is 9. The molecule has 0 bridgehead atoms. The van der Waals surface area contributed by atoms with Crippen molar-refractivity contribution in [2.24, 2.45) is 11.5 Å². The van der Waals surface area contributed by atoms with Gasteiger partial charge in [0.15, 0.2) is 0 Å². The van der Waals surface area contributed by atoms with Gasteiger partial charge in [0.2, 0.25) is 11.6 Å². The van der Waals surface area contributed by atoms with E-state index < -0.39 is 64.6 Å². The highest BCUT2D eigenvalue weighted by molar-refractivity contribution is 7.84. The van der Waals surface area contributed by atoms with Crippen LogP contribution in [0.1, 0.15) is 19.3 Å². The Morgan fingerprint density at radius 2 is 1.92 bits per heavy atom. The molecule has 0 spiro atoms. The lowest BCUT2D eigenvalue weighted by Crippen LogP contribution is -2.76. The fourth-order valence-corrected chi connectivity index (χ4v) is 2.81. The maximum Gasteiger partial charge on any atom is 0.362 e. The molecule has 26 heavy (non-hydrogen) atoms. The van der Waals surface area contributed by atoms with Gasteiger partial charge >= 0.3 is 16.3 Å². The molecule has 1 saturated heterocycles. The lowest BCUT2D eigenvalue weighted by Gasteiger charge is -2.45.